The zero-order valence-corrected chi connectivity index (χ0v) is 12.7. The summed E-state index contributed by atoms with van der Waals surface area (Å²) in [7, 11) is 0. The molecule has 0 saturated carbocycles. The van der Waals surface area contributed by atoms with Crippen LogP contribution in [-0.2, 0) is 0 Å². The van der Waals surface area contributed by atoms with E-state index in [-0.39, 0.29) is 5.78 Å². The van der Waals surface area contributed by atoms with Crippen LogP contribution >= 0.6 is 27.7 Å². The third kappa shape index (κ3) is 3.45. The topological polar surface area (TPSA) is 17.1 Å². The Bertz CT molecular complexity index is 583. The molecule has 0 aliphatic heterocycles. The molecule has 2 rings (SSSR count). The molecular formula is C15H12BrFOS. The lowest BCUT2D eigenvalue weighted by atomic mass is 10.0. The molecule has 0 radical (unpaired) electrons. The van der Waals surface area contributed by atoms with E-state index in [9.17, 15) is 9.18 Å². The van der Waals surface area contributed by atoms with Crippen LogP contribution in [0.5, 0.6) is 0 Å². The zero-order chi connectivity index (χ0) is 13.8. The van der Waals surface area contributed by atoms with Gasteiger partial charge in [0.1, 0.15) is 10.6 Å². The molecule has 1 atom stereocenters. The lowest BCUT2D eigenvalue weighted by Gasteiger charge is -2.10. The van der Waals surface area contributed by atoms with Gasteiger partial charge in [0.15, 0.2) is 5.78 Å². The molecule has 0 amide bonds. The van der Waals surface area contributed by atoms with Crippen molar-refractivity contribution < 1.29 is 9.18 Å². The summed E-state index contributed by atoms with van der Waals surface area (Å²) in [6.07, 6.45) is 2.00. The number of carbonyl (C=O) groups excluding carboxylic acids is 1. The SMILES string of the molecule is CSc1ccc(C(Br)C(=O)c2cccc(F)c2)cc1. The van der Waals surface area contributed by atoms with Crippen LogP contribution in [0.2, 0.25) is 0 Å². The minimum atomic E-state index is -0.454. The summed E-state index contributed by atoms with van der Waals surface area (Å²) in [5, 5.41) is 0. The standard InChI is InChI=1S/C15H12BrFOS/c1-19-13-7-5-10(6-8-13)14(16)15(18)11-3-2-4-12(17)9-11/h2-9,14H,1H3. The minimum Gasteiger partial charge on any atom is -0.293 e. The smallest absolute Gasteiger partial charge is 0.180 e. The predicted octanol–water partition coefficient (Wildman–Crippen LogP) is 4.87. The Balaban J connectivity index is 2.23. The van der Waals surface area contributed by atoms with Gasteiger partial charge in [0, 0.05) is 10.5 Å². The summed E-state index contributed by atoms with van der Waals surface area (Å²) in [4.78, 5) is 12.9. The molecule has 4 heteroatoms. The van der Waals surface area contributed by atoms with Crippen LogP contribution < -0.4 is 0 Å². The van der Waals surface area contributed by atoms with Gasteiger partial charge in [-0.1, -0.05) is 40.2 Å². The first-order valence-corrected chi connectivity index (χ1v) is 7.83. The van der Waals surface area contributed by atoms with Gasteiger partial charge in [-0.25, -0.2) is 4.39 Å². The number of thioether (sulfide) groups is 1. The van der Waals surface area contributed by atoms with Crippen molar-refractivity contribution in [1.82, 2.24) is 0 Å². The van der Waals surface area contributed by atoms with Gasteiger partial charge in [0.25, 0.3) is 0 Å². The van der Waals surface area contributed by atoms with Crippen molar-refractivity contribution in [2.75, 3.05) is 6.26 Å². The van der Waals surface area contributed by atoms with Crippen LogP contribution in [0.4, 0.5) is 4.39 Å². The monoisotopic (exact) mass is 338 g/mol. The maximum atomic E-state index is 13.1. The summed E-state index contributed by atoms with van der Waals surface area (Å²) in [6.45, 7) is 0. The summed E-state index contributed by atoms with van der Waals surface area (Å²) in [6, 6.07) is 13.5. The van der Waals surface area contributed by atoms with E-state index in [1.165, 1.54) is 12.1 Å². The number of carbonyl (C=O) groups is 1. The fraction of sp³-hybridized carbons (Fsp3) is 0.133. The molecule has 0 aromatic heterocycles. The van der Waals surface area contributed by atoms with Crippen LogP contribution in [0.3, 0.4) is 0 Å². The van der Waals surface area contributed by atoms with Gasteiger partial charge >= 0.3 is 0 Å². The molecule has 0 aliphatic carbocycles. The van der Waals surface area contributed by atoms with Gasteiger partial charge in [0.2, 0.25) is 0 Å². The highest BCUT2D eigenvalue weighted by Crippen LogP contribution is 2.28. The summed E-state index contributed by atoms with van der Waals surface area (Å²) in [5.74, 6) is -0.542. The molecule has 0 bridgehead atoms. The Labute approximate surface area is 124 Å². The van der Waals surface area contributed by atoms with Gasteiger partial charge < -0.3 is 0 Å². The molecule has 0 spiro atoms. The molecule has 2 aromatic carbocycles. The maximum absolute atomic E-state index is 13.1. The Morgan fingerprint density at radius 2 is 1.89 bits per heavy atom. The Morgan fingerprint density at radius 3 is 2.47 bits per heavy atom. The second-order valence-corrected chi connectivity index (χ2v) is 5.81. The van der Waals surface area contributed by atoms with Gasteiger partial charge in [0.05, 0.1) is 0 Å². The Hall–Kier alpha value is -1.13. The summed E-state index contributed by atoms with van der Waals surface area (Å²) in [5.41, 5.74) is 1.24. The number of benzene rings is 2. The molecule has 1 unspecified atom stereocenters. The minimum absolute atomic E-state index is 0.142. The maximum Gasteiger partial charge on any atom is 0.180 e. The van der Waals surface area contributed by atoms with Crippen LogP contribution in [0.1, 0.15) is 20.7 Å². The molecule has 1 nitrogen and oxygen atoms in total. The average molecular weight is 339 g/mol. The van der Waals surface area contributed by atoms with Crippen molar-refractivity contribution in [2.45, 2.75) is 9.72 Å². The van der Waals surface area contributed by atoms with Crippen LogP contribution in [-0.4, -0.2) is 12.0 Å². The largest absolute Gasteiger partial charge is 0.293 e. The van der Waals surface area contributed by atoms with E-state index in [1.807, 2.05) is 30.5 Å². The number of halogens is 2. The quantitative estimate of drug-likeness (QED) is 0.449. The zero-order valence-electron chi connectivity index (χ0n) is 10.3. The third-order valence-electron chi connectivity index (χ3n) is 2.75. The Kier molecular flexibility index (Phi) is 4.77. The van der Waals surface area contributed by atoms with E-state index in [2.05, 4.69) is 15.9 Å². The van der Waals surface area contributed by atoms with Crippen LogP contribution in [0.25, 0.3) is 0 Å². The second-order valence-electron chi connectivity index (χ2n) is 4.01. The first-order valence-electron chi connectivity index (χ1n) is 5.69. The number of hydrogen-bond donors (Lipinski definition) is 0. The van der Waals surface area contributed by atoms with Crippen LogP contribution in [0, 0.1) is 5.82 Å². The number of ketones is 1. The molecule has 0 heterocycles. The average Bonchev–Trinajstić information content (AvgIpc) is 2.46. The van der Waals surface area contributed by atoms with Gasteiger partial charge in [-0.2, -0.15) is 0 Å². The van der Waals surface area contributed by atoms with Crippen molar-refractivity contribution >= 4 is 33.5 Å². The molecular weight excluding hydrogens is 327 g/mol. The summed E-state index contributed by atoms with van der Waals surface area (Å²) < 4.78 is 13.1. The van der Waals surface area contributed by atoms with E-state index >= 15 is 0 Å². The molecule has 2 aromatic rings. The highest BCUT2D eigenvalue weighted by Gasteiger charge is 2.19. The first kappa shape index (κ1) is 14.3. The number of hydrogen-bond acceptors (Lipinski definition) is 2. The third-order valence-corrected chi connectivity index (χ3v) is 4.44. The van der Waals surface area contributed by atoms with Crippen LogP contribution in [0.15, 0.2) is 53.4 Å². The molecule has 98 valence electrons. The fourth-order valence-corrected chi connectivity index (χ4v) is 2.69. The van der Waals surface area contributed by atoms with Crippen molar-refractivity contribution in [3.8, 4) is 0 Å². The predicted molar refractivity (Wildman–Crippen MR) is 80.6 cm³/mol. The highest BCUT2D eigenvalue weighted by atomic mass is 79.9. The van der Waals surface area contributed by atoms with Gasteiger partial charge in [-0.05, 0) is 36.1 Å². The molecule has 0 N–H and O–H groups in total. The lowest BCUT2D eigenvalue weighted by molar-refractivity contribution is 0.0991. The second kappa shape index (κ2) is 6.35. The Morgan fingerprint density at radius 1 is 1.21 bits per heavy atom. The number of Topliss-reactive ketones (excluding diaryl/α,β-unsaturated/α-hetero) is 1. The molecule has 0 saturated heterocycles. The first-order chi connectivity index (χ1) is 9.11. The van der Waals surface area contributed by atoms with E-state index < -0.39 is 10.6 Å². The van der Waals surface area contributed by atoms with E-state index in [1.54, 1.807) is 23.9 Å². The van der Waals surface area contributed by atoms with Gasteiger partial charge in [-0.3, -0.25) is 4.79 Å². The number of alkyl halides is 1. The summed E-state index contributed by atoms with van der Waals surface area (Å²) >= 11 is 5.03. The van der Waals surface area contributed by atoms with E-state index in [0.29, 0.717) is 5.56 Å². The van der Waals surface area contributed by atoms with Crippen molar-refractivity contribution in [3.05, 3.63) is 65.5 Å². The lowest BCUT2D eigenvalue weighted by Crippen LogP contribution is -2.07. The van der Waals surface area contributed by atoms with Gasteiger partial charge in [-0.15, -0.1) is 11.8 Å². The van der Waals surface area contributed by atoms with Crippen molar-refractivity contribution in [1.29, 1.82) is 0 Å². The fourth-order valence-electron chi connectivity index (χ4n) is 1.71. The molecule has 19 heavy (non-hydrogen) atoms. The highest BCUT2D eigenvalue weighted by molar-refractivity contribution is 9.09. The van der Waals surface area contributed by atoms with E-state index in [4.69, 9.17) is 0 Å². The number of rotatable bonds is 4. The van der Waals surface area contributed by atoms with Crippen molar-refractivity contribution in [2.24, 2.45) is 0 Å². The normalized spacial score (nSPS) is 12.2. The molecule has 0 fully saturated rings. The molecule has 0 aliphatic rings. The van der Waals surface area contributed by atoms with E-state index in [0.717, 1.165) is 10.5 Å². The van der Waals surface area contributed by atoms with Crippen molar-refractivity contribution in [3.63, 3.8) is 0 Å².